The van der Waals surface area contributed by atoms with Crippen LogP contribution < -0.4 is 9.47 Å². The molecule has 0 fully saturated rings. The van der Waals surface area contributed by atoms with E-state index in [1.807, 2.05) is 26.0 Å². The fourth-order valence-corrected chi connectivity index (χ4v) is 2.51. The Morgan fingerprint density at radius 3 is 2.41 bits per heavy atom. The van der Waals surface area contributed by atoms with Crippen LogP contribution in [-0.2, 0) is 0 Å². The third kappa shape index (κ3) is 2.37. The van der Waals surface area contributed by atoms with Crippen molar-refractivity contribution in [2.75, 3.05) is 7.11 Å². The van der Waals surface area contributed by atoms with Crippen molar-refractivity contribution in [3.63, 3.8) is 0 Å². The number of rotatable bonds is 2. The molecule has 1 heterocycles. The highest BCUT2D eigenvalue weighted by atomic mass is 16.5. The second-order valence-electron chi connectivity index (χ2n) is 5.80. The van der Waals surface area contributed by atoms with Gasteiger partial charge in [0.05, 0.1) is 12.7 Å². The van der Waals surface area contributed by atoms with Crippen molar-refractivity contribution < 1.29 is 19.7 Å². The summed E-state index contributed by atoms with van der Waals surface area (Å²) in [4.78, 5) is 0. The summed E-state index contributed by atoms with van der Waals surface area (Å²) < 4.78 is 11.3. The smallest absolute Gasteiger partial charge is 0.173 e. The van der Waals surface area contributed by atoms with Gasteiger partial charge in [-0.05, 0) is 49.8 Å². The highest BCUT2D eigenvalue weighted by molar-refractivity contribution is 5.82. The molecule has 0 radical (unpaired) electrons. The normalized spacial score (nSPS) is 15.0. The van der Waals surface area contributed by atoms with Crippen molar-refractivity contribution in [2.45, 2.75) is 19.4 Å². The average molecular weight is 298 g/mol. The van der Waals surface area contributed by atoms with Crippen molar-refractivity contribution in [3.8, 4) is 34.1 Å². The van der Waals surface area contributed by atoms with Crippen LogP contribution in [0, 0.1) is 0 Å². The summed E-state index contributed by atoms with van der Waals surface area (Å²) >= 11 is 0. The lowest BCUT2D eigenvalue weighted by atomic mass is 9.96. The summed E-state index contributed by atoms with van der Waals surface area (Å²) in [5, 5.41) is 20.0. The molecule has 22 heavy (non-hydrogen) atoms. The van der Waals surface area contributed by atoms with Gasteiger partial charge in [-0.3, -0.25) is 0 Å². The van der Waals surface area contributed by atoms with Crippen LogP contribution in [0.3, 0.4) is 0 Å². The first kappa shape index (κ1) is 14.3. The quantitative estimate of drug-likeness (QED) is 0.881. The number of benzene rings is 2. The van der Waals surface area contributed by atoms with Crippen molar-refractivity contribution >= 4 is 6.08 Å². The molecule has 0 amide bonds. The lowest BCUT2D eigenvalue weighted by molar-refractivity contribution is 0.152. The summed E-state index contributed by atoms with van der Waals surface area (Å²) in [7, 11) is 1.58. The Balaban J connectivity index is 2.22. The fraction of sp³-hybridized carbons (Fsp3) is 0.222. The highest BCUT2D eigenvalue weighted by Crippen LogP contribution is 2.48. The van der Waals surface area contributed by atoms with Crippen LogP contribution in [0.15, 0.2) is 36.4 Å². The van der Waals surface area contributed by atoms with Gasteiger partial charge in [-0.25, -0.2) is 0 Å². The molecule has 0 bridgehead atoms. The largest absolute Gasteiger partial charge is 0.508 e. The molecule has 114 valence electrons. The molecule has 3 rings (SSSR count). The Labute approximate surface area is 129 Å². The summed E-state index contributed by atoms with van der Waals surface area (Å²) in [6.45, 7) is 3.84. The van der Waals surface area contributed by atoms with E-state index < -0.39 is 5.60 Å². The Morgan fingerprint density at radius 2 is 1.77 bits per heavy atom. The number of aromatic hydroxyl groups is 2. The number of fused-ring (bicyclic) bond motifs is 1. The standard InChI is InChI=1S/C18H18O4/c1-18(2)9-8-13-15(21-3)10-14(16(20)17(13)22-18)11-4-6-12(19)7-5-11/h4-10,19-20H,1-3H3. The highest BCUT2D eigenvalue weighted by Gasteiger charge is 2.28. The number of ether oxygens (including phenoxy) is 2. The van der Waals surface area contributed by atoms with Crippen LogP contribution in [0.4, 0.5) is 0 Å². The summed E-state index contributed by atoms with van der Waals surface area (Å²) in [6, 6.07) is 8.39. The summed E-state index contributed by atoms with van der Waals surface area (Å²) in [5.74, 6) is 1.28. The number of hydrogen-bond acceptors (Lipinski definition) is 4. The van der Waals surface area contributed by atoms with E-state index in [9.17, 15) is 10.2 Å². The minimum Gasteiger partial charge on any atom is -0.508 e. The lowest BCUT2D eigenvalue weighted by Crippen LogP contribution is -2.27. The first-order valence-corrected chi connectivity index (χ1v) is 7.03. The maximum absolute atomic E-state index is 10.6. The molecule has 1 aliphatic rings. The van der Waals surface area contributed by atoms with E-state index in [0.717, 1.165) is 11.1 Å². The van der Waals surface area contributed by atoms with E-state index in [1.165, 1.54) is 0 Å². The molecule has 2 aromatic rings. The topological polar surface area (TPSA) is 58.9 Å². The predicted octanol–water partition coefficient (Wildman–Crippen LogP) is 3.96. The molecule has 4 nitrogen and oxygen atoms in total. The van der Waals surface area contributed by atoms with Gasteiger partial charge < -0.3 is 19.7 Å². The molecule has 0 saturated carbocycles. The minimum absolute atomic E-state index is 0.0684. The molecular formula is C18H18O4. The molecule has 4 heteroatoms. The maximum Gasteiger partial charge on any atom is 0.173 e. The second kappa shape index (κ2) is 4.98. The van der Waals surface area contributed by atoms with E-state index in [0.29, 0.717) is 17.1 Å². The first-order valence-electron chi connectivity index (χ1n) is 7.03. The van der Waals surface area contributed by atoms with Gasteiger partial charge in [0.2, 0.25) is 0 Å². The number of hydrogen-bond donors (Lipinski definition) is 2. The van der Waals surface area contributed by atoms with Crippen LogP contribution >= 0.6 is 0 Å². The van der Waals surface area contributed by atoms with Crippen molar-refractivity contribution in [1.29, 1.82) is 0 Å². The SMILES string of the molecule is COc1cc(-c2ccc(O)cc2)c(O)c2c1C=CC(C)(C)O2. The molecule has 1 aliphatic heterocycles. The molecule has 0 spiro atoms. The summed E-state index contributed by atoms with van der Waals surface area (Å²) in [6.07, 6.45) is 3.83. The van der Waals surface area contributed by atoms with E-state index in [4.69, 9.17) is 9.47 Å². The lowest BCUT2D eigenvalue weighted by Gasteiger charge is -2.29. The molecule has 2 aromatic carbocycles. The number of phenolic OH excluding ortho intramolecular Hbond substituents is 2. The van der Waals surface area contributed by atoms with Crippen LogP contribution in [0.25, 0.3) is 17.2 Å². The number of phenols is 2. The predicted molar refractivity (Wildman–Crippen MR) is 85.5 cm³/mol. The van der Waals surface area contributed by atoms with Crippen LogP contribution in [0.1, 0.15) is 19.4 Å². The average Bonchev–Trinajstić information content (AvgIpc) is 2.48. The van der Waals surface area contributed by atoms with E-state index >= 15 is 0 Å². The molecule has 0 aliphatic carbocycles. The van der Waals surface area contributed by atoms with E-state index in [1.54, 1.807) is 37.4 Å². The van der Waals surface area contributed by atoms with Gasteiger partial charge >= 0.3 is 0 Å². The maximum atomic E-state index is 10.6. The zero-order valence-electron chi connectivity index (χ0n) is 12.8. The van der Waals surface area contributed by atoms with Gasteiger partial charge in [0.15, 0.2) is 11.5 Å². The van der Waals surface area contributed by atoms with Gasteiger partial charge in [-0.2, -0.15) is 0 Å². The Bertz CT molecular complexity index is 743. The molecule has 0 aromatic heterocycles. The van der Waals surface area contributed by atoms with Crippen LogP contribution in [-0.4, -0.2) is 22.9 Å². The zero-order chi connectivity index (χ0) is 15.9. The third-order valence-corrected chi connectivity index (χ3v) is 3.67. The van der Waals surface area contributed by atoms with Crippen molar-refractivity contribution in [2.24, 2.45) is 0 Å². The van der Waals surface area contributed by atoms with Crippen LogP contribution in [0.5, 0.6) is 23.0 Å². The molecule has 0 unspecified atom stereocenters. The Kier molecular flexibility index (Phi) is 3.24. The monoisotopic (exact) mass is 298 g/mol. The molecule has 2 N–H and O–H groups in total. The number of methoxy groups -OCH3 is 1. The van der Waals surface area contributed by atoms with Crippen molar-refractivity contribution in [3.05, 3.63) is 42.0 Å². The first-order chi connectivity index (χ1) is 10.4. The second-order valence-corrected chi connectivity index (χ2v) is 5.80. The van der Waals surface area contributed by atoms with Crippen LogP contribution in [0.2, 0.25) is 0 Å². The van der Waals surface area contributed by atoms with E-state index in [-0.39, 0.29) is 11.5 Å². The molecular weight excluding hydrogens is 280 g/mol. The Hall–Kier alpha value is -2.62. The van der Waals surface area contributed by atoms with Gasteiger partial charge in [-0.15, -0.1) is 0 Å². The van der Waals surface area contributed by atoms with Gasteiger partial charge in [0.25, 0.3) is 0 Å². The van der Waals surface area contributed by atoms with Gasteiger partial charge in [-0.1, -0.05) is 12.1 Å². The Morgan fingerprint density at radius 1 is 1.09 bits per heavy atom. The fourth-order valence-electron chi connectivity index (χ4n) is 2.51. The minimum atomic E-state index is -0.497. The summed E-state index contributed by atoms with van der Waals surface area (Å²) in [5.41, 5.74) is 1.60. The molecule has 0 saturated heterocycles. The zero-order valence-corrected chi connectivity index (χ0v) is 12.8. The van der Waals surface area contributed by atoms with Gasteiger partial charge in [0.1, 0.15) is 17.1 Å². The van der Waals surface area contributed by atoms with Crippen molar-refractivity contribution in [1.82, 2.24) is 0 Å². The third-order valence-electron chi connectivity index (χ3n) is 3.67. The molecule has 0 atom stereocenters. The van der Waals surface area contributed by atoms with Gasteiger partial charge in [0, 0.05) is 5.56 Å². The van der Waals surface area contributed by atoms with E-state index in [2.05, 4.69) is 0 Å².